The lowest BCUT2D eigenvalue weighted by molar-refractivity contribution is 0.221. The van der Waals surface area contributed by atoms with E-state index >= 15 is 0 Å². The van der Waals surface area contributed by atoms with Crippen LogP contribution < -0.4 is 5.32 Å². The van der Waals surface area contributed by atoms with Crippen molar-refractivity contribution in [3.05, 3.63) is 64.4 Å². The predicted octanol–water partition coefficient (Wildman–Crippen LogP) is 3.99. The number of hydrogen-bond donors (Lipinski definition) is 2. The summed E-state index contributed by atoms with van der Waals surface area (Å²) >= 11 is 3.39. The van der Waals surface area contributed by atoms with Gasteiger partial charge in [0.15, 0.2) is 0 Å². The maximum absolute atomic E-state index is 13.7. The maximum Gasteiger partial charge on any atom is 0.146 e. The second-order valence-corrected chi connectivity index (χ2v) is 6.04. The minimum atomic E-state index is -0.615. The van der Waals surface area contributed by atoms with Crippen molar-refractivity contribution in [2.75, 3.05) is 11.9 Å². The average Bonchev–Trinajstić information content (AvgIpc) is 2.44. The summed E-state index contributed by atoms with van der Waals surface area (Å²) in [7, 11) is 0. The molecule has 106 valence electrons. The van der Waals surface area contributed by atoms with E-state index in [1.165, 1.54) is 6.07 Å². The number of nitrogens with one attached hydrogen (secondary N) is 1. The Morgan fingerprint density at radius 1 is 1.15 bits per heavy atom. The zero-order chi connectivity index (χ0) is 14.6. The van der Waals surface area contributed by atoms with Crippen molar-refractivity contribution in [3.63, 3.8) is 0 Å². The fourth-order valence-electron chi connectivity index (χ4n) is 2.08. The van der Waals surface area contributed by atoms with Crippen LogP contribution in [0.3, 0.4) is 0 Å². The molecule has 0 spiro atoms. The van der Waals surface area contributed by atoms with E-state index < -0.39 is 5.54 Å². The molecule has 2 nitrogen and oxygen atoms in total. The molecule has 1 unspecified atom stereocenters. The number of aliphatic hydroxyl groups excluding tert-OH is 1. The molecule has 2 rings (SSSR count). The quantitative estimate of drug-likeness (QED) is 0.864. The van der Waals surface area contributed by atoms with Crippen molar-refractivity contribution in [2.24, 2.45) is 0 Å². The predicted molar refractivity (Wildman–Crippen MR) is 83.4 cm³/mol. The highest BCUT2D eigenvalue weighted by Gasteiger charge is 2.24. The third kappa shape index (κ3) is 3.81. The summed E-state index contributed by atoms with van der Waals surface area (Å²) in [6.45, 7) is 1.79. The zero-order valence-electron chi connectivity index (χ0n) is 11.2. The molecule has 2 aromatic carbocycles. The Hall–Kier alpha value is -1.39. The third-order valence-electron chi connectivity index (χ3n) is 3.17. The Bertz CT molecular complexity index is 573. The van der Waals surface area contributed by atoms with E-state index in [0.29, 0.717) is 12.1 Å². The van der Waals surface area contributed by atoms with E-state index in [-0.39, 0.29) is 12.4 Å². The van der Waals surface area contributed by atoms with Gasteiger partial charge in [-0.15, -0.1) is 0 Å². The molecule has 20 heavy (non-hydrogen) atoms. The SMILES string of the molecule is CC(CO)(Cc1ccc(Br)cc1)Nc1ccccc1F. The number of para-hydroxylation sites is 1. The van der Waals surface area contributed by atoms with Crippen molar-refractivity contribution >= 4 is 21.6 Å². The number of rotatable bonds is 5. The number of aliphatic hydroxyl groups is 1. The Labute approximate surface area is 126 Å². The van der Waals surface area contributed by atoms with E-state index in [2.05, 4.69) is 21.2 Å². The van der Waals surface area contributed by atoms with Gasteiger partial charge in [-0.1, -0.05) is 40.2 Å². The standard InChI is InChI=1S/C16H17BrFNO/c1-16(11-20,10-12-6-8-13(17)9-7-12)19-15-5-3-2-4-14(15)18/h2-9,19-20H,10-11H2,1H3. The molecule has 1 atom stereocenters. The van der Waals surface area contributed by atoms with Gasteiger partial charge in [-0.3, -0.25) is 0 Å². The molecule has 0 radical (unpaired) electrons. The van der Waals surface area contributed by atoms with Gasteiger partial charge in [0.05, 0.1) is 17.8 Å². The highest BCUT2D eigenvalue weighted by atomic mass is 79.9. The molecule has 0 saturated heterocycles. The Morgan fingerprint density at radius 3 is 2.40 bits per heavy atom. The van der Waals surface area contributed by atoms with Crippen LogP contribution in [-0.2, 0) is 6.42 Å². The van der Waals surface area contributed by atoms with Crippen molar-refractivity contribution in [1.29, 1.82) is 0 Å². The second-order valence-electron chi connectivity index (χ2n) is 5.13. The number of benzene rings is 2. The van der Waals surface area contributed by atoms with Crippen LogP contribution >= 0.6 is 15.9 Å². The van der Waals surface area contributed by atoms with Crippen LogP contribution in [0.4, 0.5) is 10.1 Å². The molecule has 0 aliphatic heterocycles. The van der Waals surface area contributed by atoms with Crippen LogP contribution in [0.5, 0.6) is 0 Å². The first-order valence-electron chi connectivity index (χ1n) is 6.40. The molecular formula is C16H17BrFNO. The van der Waals surface area contributed by atoms with Crippen LogP contribution in [-0.4, -0.2) is 17.3 Å². The monoisotopic (exact) mass is 337 g/mol. The summed E-state index contributed by atoms with van der Waals surface area (Å²) in [5.74, 6) is -0.317. The largest absolute Gasteiger partial charge is 0.394 e. The van der Waals surface area contributed by atoms with Crippen LogP contribution in [0, 0.1) is 5.82 Å². The van der Waals surface area contributed by atoms with Crippen LogP contribution in [0.2, 0.25) is 0 Å². The number of halogens is 2. The zero-order valence-corrected chi connectivity index (χ0v) is 12.8. The number of hydrogen-bond acceptors (Lipinski definition) is 2. The maximum atomic E-state index is 13.7. The van der Waals surface area contributed by atoms with Crippen LogP contribution in [0.1, 0.15) is 12.5 Å². The van der Waals surface area contributed by atoms with Gasteiger partial charge in [0.25, 0.3) is 0 Å². The van der Waals surface area contributed by atoms with Gasteiger partial charge in [-0.25, -0.2) is 4.39 Å². The summed E-state index contributed by atoms with van der Waals surface area (Å²) in [5.41, 5.74) is 0.866. The van der Waals surface area contributed by atoms with Gasteiger partial charge < -0.3 is 10.4 Å². The first-order chi connectivity index (χ1) is 9.52. The van der Waals surface area contributed by atoms with Gasteiger partial charge >= 0.3 is 0 Å². The minimum absolute atomic E-state index is 0.0859. The van der Waals surface area contributed by atoms with Crippen molar-refractivity contribution in [1.82, 2.24) is 0 Å². The van der Waals surface area contributed by atoms with E-state index in [1.54, 1.807) is 18.2 Å². The Kier molecular flexibility index (Phi) is 4.78. The molecule has 0 bridgehead atoms. The van der Waals surface area contributed by atoms with E-state index in [4.69, 9.17) is 0 Å². The molecule has 2 aromatic rings. The lowest BCUT2D eigenvalue weighted by Crippen LogP contribution is -2.41. The normalized spacial score (nSPS) is 13.8. The lowest BCUT2D eigenvalue weighted by Gasteiger charge is -2.30. The van der Waals surface area contributed by atoms with Crippen LogP contribution in [0.15, 0.2) is 53.0 Å². The van der Waals surface area contributed by atoms with Gasteiger partial charge in [-0.2, -0.15) is 0 Å². The fourth-order valence-corrected chi connectivity index (χ4v) is 2.34. The molecule has 4 heteroatoms. The molecule has 0 saturated carbocycles. The molecule has 0 fully saturated rings. The second kappa shape index (κ2) is 6.37. The first-order valence-corrected chi connectivity index (χ1v) is 7.20. The smallest absolute Gasteiger partial charge is 0.146 e. The topological polar surface area (TPSA) is 32.3 Å². The van der Waals surface area contributed by atoms with E-state index in [9.17, 15) is 9.50 Å². The summed E-state index contributed by atoms with van der Waals surface area (Å²) in [4.78, 5) is 0. The highest BCUT2D eigenvalue weighted by molar-refractivity contribution is 9.10. The average molecular weight is 338 g/mol. The van der Waals surface area contributed by atoms with E-state index in [0.717, 1.165) is 10.0 Å². The Balaban J connectivity index is 2.17. The molecule has 0 aromatic heterocycles. The van der Waals surface area contributed by atoms with Crippen molar-refractivity contribution < 1.29 is 9.50 Å². The van der Waals surface area contributed by atoms with Gasteiger partial charge in [-0.05, 0) is 43.2 Å². The lowest BCUT2D eigenvalue weighted by atomic mass is 9.93. The molecule has 2 N–H and O–H groups in total. The minimum Gasteiger partial charge on any atom is -0.394 e. The molecule has 0 amide bonds. The summed E-state index contributed by atoms with van der Waals surface area (Å²) in [5, 5.41) is 12.8. The van der Waals surface area contributed by atoms with Gasteiger partial charge in [0.2, 0.25) is 0 Å². The fraction of sp³-hybridized carbons (Fsp3) is 0.250. The summed E-state index contributed by atoms with van der Waals surface area (Å²) in [6, 6.07) is 14.4. The van der Waals surface area contributed by atoms with Crippen molar-refractivity contribution in [2.45, 2.75) is 18.9 Å². The highest BCUT2D eigenvalue weighted by Crippen LogP contribution is 2.22. The Morgan fingerprint density at radius 2 is 1.80 bits per heavy atom. The van der Waals surface area contributed by atoms with E-state index in [1.807, 2.05) is 31.2 Å². The number of anilines is 1. The third-order valence-corrected chi connectivity index (χ3v) is 3.70. The molecular weight excluding hydrogens is 321 g/mol. The van der Waals surface area contributed by atoms with Crippen molar-refractivity contribution in [3.8, 4) is 0 Å². The first kappa shape index (κ1) is 15.0. The van der Waals surface area contributed by atoms with Gasteiger partial charge in [0.1, 0.15) is 5.82 Å². The van der Waals surface area contributed by atoms with Crippen LogP contribution in [0.25, 0.3) is 0 Å². The molecule has 0 aliphatic carbocycles. The molecule has 0 aliphatic rings. The van der Waals surface area contributed by atoms with Gasteiger partial charge in [0, 0.05) is 4.47 Å². The summed E-state index contributed by atoms with van der Waals surface area (Å²) < 4.78 is 14.7. The molecule has 0 heterocycles. The summed E-state index contributed by atoms with van der Waals surface area (Å²) in [6.07, 6.45) is 0.602.